The summed E-state index contributed by atoms with van der Waals surface area (Å²) < 4.78 is 0. The van der Waals surface area contributed by atoms with Crippen LogP contribution in [0.1, 0.15) is 26.7 Å². The highest BCUT2D eigenvalue weighted by atomic mass is 16.2. The number of aromatic nitrogens is 2. The monoisotopic (exact) mass is 334 g/mol. The number of hydrogen-bond donors (Lipinski definition) is 2. The van der Waals surface area contributed by atoms with Crippen molar-refractivity contribution >= 4 is 11.9 Å². The van der Waals surface area contributed by atoms with E-state index in [4.69, 9.17) is 5.73 Å². The minimum Gasteiger partial charge on any atom is -0.355 e. The fourth-order valence-corrected chi connectivity index (χ4v) is 2.89. The van der Waals surface area contributed by atoms with Gasteiger partial charge in [0.1, 0.15) is 0 Å². The van der Waals surface area contributed by atoms with Crippen molar-refractivity contribution in [1.29, 1.82) is 0 Å². The maximum atomic E-state index is 11.9. The SMILES string of the molecule is CC(C)C[C@H](N)C(=O)NCCCN1CCN(c2ncccn2)CC1. The van der Waals surface area contributed by atoms with Crippen LogP contribution in [0.25, 0.3) is 0 Å². The second-order valence-electron chi connectivity index (χ2n) is 6.76. The van der Waals surface area contributed by atoms with Crippen LogP contribution in [0.2, 0.25) is 0 Å². The zero-order chi connectivity index (χ0) is 17.4. The summed E-state index contributed by atoms with van der Waals surface area (Å²) in [4.78, 5) is 25.1. The lowest BCUT2D eigenvalue weighted by Crippen LogP contribution is -2.48. The summed E-state index contributed by atoms with van der Waals surface area (Å²) in [5.41, 5.74) is 5.87. The molecule has 0 aliphatic carbocycles. The second-order valence-corrected chi connectivity index (χ2v) is 6.76. The summed E-state index contributed by atoms with van der Waals surface area (Å²) in [6, 6.07) is 1.45. The number of anilines is 1. The van der Waals surface area contributed by atoms with Gasteiger partial charge in [-0.3, -0.25) is 9.69 Å². The molecule has 24 heavy (non-hydrogen) atoms. The highest BCUT2D eigenvalue weighted by molar-refractivity contribution is 5.81. The summed E-state index contributed by atoms with van der Waals surface area (Å²) in [6.07, 6.45) is 5.24. The molecule has 1 aliphatic rings. The minimum atomic E-state index is -0.389. The standard InChI is InChI=1S/C17H30N6O/c1-14(2)13-15(18)16(24)19-7-4-8-22-9-11-23(12-10-22)17-20-5-3-6-21-17/h3,5-6,14-15H,4,7-13,18H2,1-2H3,(H,19,24)/t15-/m0/s1. The molecule has 1 aromatic rings. The van der Waals surface area contributed by atoms with E-state index in [1.165, 1.54) is 0 Å². The van der Waals surface area contributed by atoms with Crippen LogP contribution < -0.4 is 16.0 Å². The third-order valence-electron chi connectivity index (χ3n) is 4.22. The van der Waals surface area contributed by atoms with Crippen LogP contribution in [0.15, 0.2) is 18.5 Å². The highest BCUT2D eigenvalue weighted by Gasteiger charge is 2.18. The normalized spacial score (nSPS) is 17.1. The van der Waals surface area contributed by atoms with Gasteiger partial charge in [-0.25, -0.2) is 9.97 Å². The average molecular weight is 334 g/mol. The molecule has 0 bridgehead atoms. The Kier molecular flexibility index (Phi) is 7.39. The van der Waals surface area contributed by atoms with E-state index in [-0.39, 0.29) is 11.9 Å². The molecule has 0 unspecified atom stereocenters. The number of nitrogens with one attached hydrogen (secondary N) is 1. The van der Waals surface area contributed by atoms with Crippen molar-refractivity contribution in [2.24, 2.45) is 11.7 Å². The van der Waals surface area contributed by atoms with Crippen molar-refractivity contribution < 1.29 is 4.79 Å². The van der Waals surface area contributed by atoms with E-state index in [1.807, 2.05) is 6.07 Å². The molecule has 0 spiro atoms. The van der Waals surface area contributed by atoms with Gasteiger partial charge in [0.15, 0.2) is 0 Å². The molecule has 134 valence electrons. The predicted octanol–water partition coefficient (Wildman–Crippen LogP) is 0.478. The molecule has 1 amide bonds. The lowest BCUT2D eigenvalue weighted by molar-refractivity contribution is -0.122. The second kappa shape index (κ2) is 9.54. The predicted molar refractivity (Wildman–Crippen MR) is 95.7 cm³/mol. The van der Waals surface area contributed by atoms with E-state index >= 15 is 0 Å². The third kappa shape index (κ3) is 6.05. The Labute approximate surface area is 144 Å². The molecular formula is C17H30N6O. The first-order chi connectivity index (χ1) is 11.6. The lowest BCUT2D eigenvalue weighted by atomic mass is 10.0. The maximum Gasteiger partial charge on any atom is 0.236 e. The number of amides is 1. The van der Waals surface area contributed by atoms with Crippen LogP contribution >= 0.6 is 0 Å². The van der Waals surface area contributed by atoms with Gasteiger partial charge in [0.25, 0.3) is 0 Å². The third-order valence-corrected chi connectivity index (χ3v) is 4.22. The molecule has 0 aromatic carbocycles. The lowest BCUT2D eigenvalue weighted by Gasteiger charge is -2.34. The zero-order valence-electron chi connectivity index (χ0n) is 14.8. The zero-order valence-corrected chi connectivity index (χ0v) is 14.8. The fraction of sp³-hybridized carbons (Fsp3) is 0.706. The number of nitrogens with zero attached hydrogens (tertiary/aromatic N) is 4. The number of nitrogens with two attached hydrogens (primary N) is 1. The molecule has 1 fully saturated rings. The Morgan fingerprint density at radius 2 is 1.92 bits per heavy atom. The quantitative estimate of drug-likeness (QED) is 0.672. The average Bonchev–Trinajstić information content (AvgIpc) is 2.59. The number of carbonyl (C=O) groups is 1. The van der Waals surface area contributed by atoms with E-state index in [1.54, 1.807) is 12.4 Å². The number of carbonyl (C=O) groups excluding carboxylic acids is 1. The van der Waals surface area contributed by atoms with E-state index in [0.717, 1.165) is 51.5 Å². The summed E-state index contributed by atoms with van der Waals surface area (Å²) in [6.45, 7) is 9.71. The Morgan fingerprint density at radius 3 is 2.54 bits per heavy atom. The maximum absolute atomic E-state index is 11.9. The van der Waals surface area contributed by atoms with Crippen LogP contribution in [0.5, 0.6) is 0 Å². The van der Waals surface area contributed by atoms with Crippen molar-refractivity contribution in [3.63, 3.8) is 0 Å². The van der Waals surface area contributed by atoms with Crippen molar-refractivity contribution in [2.75, 3.05) is 44.2 Å². The van der Waals surface area contributed by atoms with E-state index in [9.17, 15) is 4.79 Å². The molecule has 2 rings (SSSR count). The largest absolute Gasteiger partial charge is 0.355 e. The molecule has 0 radical (unpaired) electrons. The van der Waals surface area contributed by atoms with Crippen LogP contribution in [-0.4, -0.2) is 66.1 Å². The van der Waals surface area contributed by atoms with Gasteiger partial charge in [-0.05, 0) is 31.4 Å². The van der Waals surface area contributed by atoms with Crippen LogP contribution in [0.3, 0.4) is 0 Å². The fourth-order valence-electron chi connectivity index (χ4n) is 2.89. The van der Waals surface area contributed by atoms with Crippen molar-refractivity contribution in [1.82, 2.24) is 20.2 Å². The van der Waals surface area contributed by atoms with Crippen LogP contribution in [-0.2, 0) is 4.79 Å². The van der Waals surface area contributed by atoms with Crippen molar-refractivity contribution in [2.45, 2.75) is 32.7 Å². The first-order valence-corrected chi connectivity index (χ1v) is 8.84. The molecule has 3 N–H and O–H groups in total. The van der Waals surface area contributed by atoms with Gasteiger partial charge in [-0.15, -0.1) is 0 Å². The van der Waals surface area contributed by atoms with Gasteiger partial charge in [-0.1, -0.05) is 13.8 Å². The van der Waals surface area contributed by atoms with Gasteiger partial charge in [0.2, 0.25) is 11.9 Å². The minimum absolute atomic E-state index is 0.0326. The van der Waals surface area contributed by atoms with E-state index in [0.29, 0.717) is 12.5 Å². The Bertz CT molecular complexity index is 487. The summed E-state index contributed by atoms with van der Waals surface area (Å²) in [7, 11) is 0. The van der Waals surface area contributed by atoms with Gasteiger partial charge >= 0.3 is 0 Å². The molecule has 7 nitrogen and oxygen atoms in total. The molecule has 1 aliphatic heterocycles. The highest BCUT2D eigenvalue weighted by Crippen LogP contribution is 2.09. The Hall–Kier alpha value is -1.73. The summed E-state index contributed by atoms with van der Waals surface area (Å²) in [5.74, 6) is 1.22. The number of piperazine rings is 1. The van der Waals surface area contributed by atoms with Gasteiger partial charge in [0, 0.05) is 45.1 Å². The summed E-state index contributed by atoms with van der Waals surface area (Å²) in [5, 5.41) is 2.94. The Balaban J connectivity index is 1.59. The Morgan fingerprint density at radius 1 is 1.25 bits per heavy atom. The molecular weight excluding hydrogens is 304 g/mol. The van der Waals surface area contributed by atoms with Gasteiger partial charge in [-0.2, -0.15) is 0 Å². The van der Waals surface area contributed by atoms with Crippen LogP contribution in [0.4, 0.5) is 5.95 Å². The molecule has 7 heteroatoms. The van der Waals surface area contributed by atoms with Crippen molar-refractivity contribution in [3.8, 4) is 0 Å². The van der Waals surface area contributed by atoms with Crippen LogP contribution in [0, 0.1) is 5.92 Å². The smallest absolute Gasteiger partial charge is 0.236 e. The van der Waals surface area contributed by atoms with Crippen molar-refractivity contribution in [3.05, 3.63) is 18.5 Å². The topological polar surface area (TPSA) is 87.4 Å². The molecule has 2 heterocycles. The van der Waals surface area contributed by atoms with E-state index < -0.39 is 0 Å². The van der Waals surface area contributed by atoms with E-state index in [2.05, 4.69) is 38.9 Å². The number of hydrogen-bond acceptors (Lipinski definition) is 6. The first kappa shape index (κ1) is 18.6. The summed E-state index contributed by atoms with van der Waals surface area (Å²) >= 11 is 0. The number of rotatable bonds is 8. The molecule has 0 saturated carbocycles. The van der Waals surface area contributed by atoms with Gasteiger partial charge in [0.05, 0.1) is 6.04 Å². The molecule has 1 atom stereocenters. The van der Waals surface area contributed by atoms with Gasteiger partial charge < -0.3 is 16.0 Å². The molecule has 1 saturated heterocycles. The first-order valence-electron chi connectivity index (χ1n) is 8.84. The molecule has 1 aromatic heterocycles.